The van der Waals surface area contributed by atoms with E-state index in [4.69, 9.17) is 23.2 Å². The molecule has 0 aromatic heterocycles. The van der Waals surface area contributed by atoms with Gasteiger partial charge in [-0.1, -0.05) is 82.5 Å². The first-order valence-corrected chi connectivity index (χ1v) is 16.1. The van der Waals surface area contributed by atoms with Gasteiger partial charge in [-0.3, -0.25) is 13.9 Å². The van der Waals surface area contributed by atoms with Crippen LogP contribution in [0.25, 0.3) is 0 Å². The highest BCUT2D eigenvalue weighted by molar-refractivity contribution is 9.10. The molecule has 0 bridgehead atoms. The Bertz CT molecular complexity index is 1420. The summed E-state index contributed by atoms with van der Waals surface area (Å²) in [7, 11) is -3.84. The van der Waals surface area contributed by atoms with E-state index in [-0.39, 0.29) is 24.9 Å². The third-order valence-electron chi connectivity index (χ3n) is 6.40. The van der Waals surface area contributed by atoms with E-state index in [1.54, 1.807) is 42.5 Å². The molecule has 0 fully saturated rings. The van der Waals surface area contributed by atoms with Crippen LogP contribution in [0.3, 0.4) is 0 Å². The van der Waals surface area contributed by atoms with Crippen LogP contribution in [0.15, 0.2) is 77.3 Å². The van der Waals surface area contributed by atoms with Crippen molar-refractivity contribution in [2.75, 3.05) is 17.1 Å². The quantitative estimate of drug-likeness (QED) is 0.254. The van der Waals surface area contributed by atoms with Crippen LogP contribution in [0.1, 0.15) is 31.4 Å². The number of rotatable bonds is 12. The van der Waals surface area contributed by atoms with E-state index in [1.165, 1.54) is 4.90 Å². The van der Waals surface area contributed by atoms with E-state index in [9.17, 15) is 18.0 Å². The van der Waals surface area contributed by atoms with Crippen molar-refractivity contribution < 1.29 is 18.0 Å². The van der Waals surface area contributed by atoms with E-state index < -0.39 is 28.5 Å². The lowest BCUT2D eigenvalue weighted by Gasteiger charge is -2.34. The molecule has 0 saturated carbocycles. The molecule has 0 aliphatic rings. The maximum absolute atomic E-state index is 14.1. The zero-order chi connectivity index (χ0) is 29.4. The van der Waals surface area contributed by atoms with Crippen molar-refractivity contribution in [1.82, 2.24) is 10.2 Å². The number of nitrogens with zero attached hydrogens (tertiary/aromatic N) is 2. The van der Waals surface area contributed by atoms with Gasteiger partial charge in [-0.25, -0.2) is 8.42 Å². The molecule has 0 radical (unpaired) electrons. The first-order chi connectivity index (χ1) is 18.9. The van der Waals surface area contributed by atoms with Gasteiger partial charge in [0.2, 0.25) is 21.8 Å². The Morgan fingerprint density at radius 1 is 0.950 bits per heavy atom. The Kier molecular flexibility index (Phi) is 11.5. The van der Waals surface area contributed by atoms with Crippen LogP contribution >= 0.6 is 39.1 Å². The van der Waals surface area contributed by atoms with Crippen LogP contribution in [0.5, 0.6) is 0 Å². The zero-order valence-corrected chi connectivity index (χ0v) is 26.4. The minimum atomic E-state index is -3.84. The first kappa shape index (κ1) is 31.9. The fourth-order valence-electron chi connectivity index (χ4n) is 4.05. The molecule has 2 atom stereocenters. The maximum atomic E-state index is 14.1. The molecular formula is C29H32BrCl2N3O4S. The SMILES string of the molecule is CC[C@H](C)NC(=O)[C@H](Cc1ccccc1)N(Cc1ccc(Cl)c(Cl)c1)C(=O)CN(c1ccc(Br)cc1)S(C)(=O)=O. The lowest BCUT2D eigenvalue weighted by Crippen LogP contribution is -2.54. The number of anilines is 1. The molecule has 2 amide bonds. The highest BCUT2D eigenvalue weighted by Gasteiger charge is 2.33. The summed E-state index contributed by atoms with van der Waals surface area (Å²) in [6.07, 6.45) is 1.98. The second kappa shape index (κ2) is 14.3. The number of amides is 2. The minimum Gasteiger partial charge on any atom is -0.352 e. The molecule has 40 heavy (non-hydrogen) atoms. The number of hydrogen-bond donors (Lipinski definition) is 1. The Morgan fingerprint density at radius 2 is 1.60 bits per heavy atom. The van der Waals surface area contributed by atoms with E-state index in [2.05, 4.69) is 21.2 Å². The summed E-state index contributed by atoms with van der Waals surface area (Å²) < 4.78 is 27.5. The van der Waals surface area contributed by atoms with Crippen LogP contribution in [0.2, 0.25) is 10.0 Å². The van der Waals surface area contributed by atoms with E-state index >= 15 is 0 Å². The average Bonchev–Trinajstić information content (AvgIpc) is 2.91. The summed E-state index contributed by atoms with van der Waals surface area (Å²) in [5.74, 6) is -0.874. The van der Waals surface area contributed by atoms with Gasteiger partial charge in [0.25, 0.3) is 0 Å². The van der Waals surface area contributed by atoms with Gasteiger partial charge >= 0.3 is 0 Å². The van der Waals surface area contributed by atoms with E-state index in [1.807, 2.05) is 44.2 Å². The van der Waals surface area contributed by atoms with Crippen molar-refractivity contribution in [3.63, 3.8) is 0 Å². The fraction of sp³-hybridized carbons (Fsp3) is 0.310. The number of hydrogen-bond acceptors (Lipinski definition) is 4. The van der Waals surface area contributed by atoms with Gasteiger partial charge in [-0.15, -0.1) is 0 Å². The molecule has 214 valence electrons. The van der Waals surface area contributed by atoms with Crippen molar-refractivity contribution in [2.45, 2.75) is 45.3 Å². The van der Waals surface area contributed by atoms with Gasteiger partial charge in [-0.2, -0.15) is 0 Å². The Hall–Kier alpha value is -2.59. The van der Waals surface area contributed by atoms with Crippen molar-refractivity contribution >= 4 is 66.7 Å². The fourth-order valence-corrected chi connectivity index (χ4v) is 5.49. The van der Waals surface area contributed by atoms with Gasteiger partial charge in [0, 0.05) is 23.5 Å². The van der Waals surface area contributed by atoms with E-state index in [0.29, 0.717) is 27.7 Å². The number of benzene rings is 3. The van der Waals surface area contributed by atoms with E-state index in [0.717, 1.165) is 20.6 Å². The molecule has 3 rings (SSSR count). The smallest absolute Gasteiger partial charge is 0.244 e. The molecule has 0 saturated heterocycles. The molecule has 0 unspecified atom stereocenters. The molecule has 11 heteroatoms. The summed E-state index contributed by atoms with van der Waals surface area (Å²) in [5.41, 5.74) is 1.83. The summed E-state index contributed by atoms with van der Waals surface area (Å²) in [4.78, 5) is 29.2. The van der Waals surface area contributed by atoms with Crippen molar-refractivity contribution in [3.8, 4) is 0 Å². The lowest BCUT2D eigenvalue weighted by atomic mass is 10.0. The Morgan fingerprint density at radius 3 is 2.17 bits per heavy atom. The predicted molar refractivity (Wildman–Crippen MR) is 165 cm³/mol. The van der Waals surface area contributed by atoms with Crippen LogP contribution in [-0.2, 0) is 32.6 Å². The van der Waals surface area contributed by atoms with Crippen molar-refractivity contribution in [2.24, 2.45) is 0 Å². The number of nitrogens with one attached hydrogen (secondary N) is 1. The molecule has 3 aromatic rings. The number of halogens is 3. The van der Waals surface area contributed by atoms with Gasteiger partial charge in [0.05, 0.1) is 22.0 Å². The predicted octanol–water partition coefficient (Wildman–Crippen LogP) is 6.08. The van der Waals surface area contributed by atoms with Crippen molar-refractivity contribution in [1.29, 1.82) is 0 Å². The Balaban J connectivity index is 2.07. The third kappa shape index (κ3) is 8.96. The molecule has 3 aromatic carbocycles. The number of carbonyl (C=O) groups excluding carboxylic acids is 2. The van der Waals surface area contributed by atoms with Crippen LogP contribution in [-0.4, -0.2) is 50.0 Å². The molecular weight excluding hydrogens is 637 g/mol. The standard InChI is InChI=1S/C29H32BrCl2N3O4S/c1-4-20(2)33-29(37)27(17-21-8-6-5-7-9-21)34(18-22-10-15-25(31)26(32)16-22)28(36)19-35(40(3,38)39)24-13-11-23(30)12-14-24/h5-16,20,27H,4,17-19H2,1-3H3,(H,33,37)/t20-,27-/m0/s1. The molecule has 0 aliphatic carbocycles. The second-order valence-corrected chi connectivity index (χ2v) is 13.2. The molecule has 1 N–H and O–H groups in total. The van der Waals surface area contributed by atoms with Crippen LogP contribution in [0, 0.1) is 0 Å². The normalized spacial score (nSPS) is 12.8. The largest absolute Gasteiger partial charge is 0.352 e. The number of sulfonamides is 1. The third-order valence-corrected chi connectivity index (χ3v) is 8.81. The highest BCUT2D eigenvalue weighted by Crippen LogP contribution is 2.26. The Labute approximate surface area is 254 Å². The van der Waals surface area contributed by atoms with Gasteiger partial charge in [0.15, 0.2) is 0 Å². The van der Waals surface area contributed by atoms with Crippen LogP contribution in [0.4, 0.5) is 5.69 Å². The zero-order valence-electron chi connectivity index (χ0n) is 22.5. The summed E-state index contributed by atoms with van der Waals surface area (Å²) in [6.45, 7) is 3.36. The lowest BCUT2D eigenvalue weighted by molar-refractivity contribution is -0.140. The maximum Gasteiger partial charge on any atom is 0.244 e. The first-order valence-electron chi connectivity index (χ1n) is 12.7. The van der Waals surface area contributed by atoms with Gasteiger partial charge in [-0.05, 0) is 60.9 Å². The second-order valence-electron chi connectivity index (χ2n) is 9.54. The highest BCUT2D eigenvalue weighted by atomic mass is 79.9. The monoisotopic (exact) mass is 667 g/mol. The summed E-state index contributed by atoms with van der Waals surface area (Å²) in [6, 6.07) is 19.9. The minimum absolute atomic E-state index is 0.0130. The average molecular weight is 669 g/mol. The topological polar surface area (TPSA) is 86.8 Å². The van der Waals surface area contributed by atoms with Gasteiger partial charge < -0.3 is 10.2 Å². The van der Waals surface area contributed by atoms with Crippen LogP contribution < -0.4 is 9.62 Å². The van der Waals surface area contributed by atoms with Crippen molar-refractivity contribution in [3.05, 3.63) is 98.4 Å². The summed E-state index contributed by atoms with van der Waals surface area (Å²) >= 11 is 15.7. The molecule has 7 nitrogen and oxygen atoms in total. The molecule has 0 spiro atoms. The molecule has 0 aliphatic heterocycles. The summed E-state index contributed by atoms with van der Waals surface area (Å²) in [5, 5.41) is 3.66. The van der Waals surface area contributed by atoms with Gasteiger partial charge in [0.1, 0.15) is 12.6 Å². The number of carbonyl (C=O) groups is 2. The molecule has 0 heterocycles.